The molecule has 0 atom stereocenters. The Hall–Kier alpha value is -3.53. The Kier molecular flexibility index (Phi) is 7.50. The molecule has 0 amide bonds. The molecule has 0 heterocycles. The summed E-state index contributed by atoms with van der Waals surface area (Å²) in [6, 6.07) is 21.6. The van der Waals surface area contributed by atoms with E-state index in [4.69, 9.17) is 19.2 Å². The number of hydrogen-bond donors (Lipinski definition) is 0. The summed E-state index contributed by atoms with van der Waals surface area (Å²) >= 11 is 0. The molecule has 0 aliphatic heterocycles. The van der Waals surface area contributed by atoms with Gasteiger partial charge in [-0.3, -0.25) is 0 Å². The summed E-state index contributed by atoms with van der Waals surface area (Å²) in [6.45, 7) is 10.6. The molecule has 4 nitrogen and oxygen atoms in total. The van der Waals surface area contributed by atoms with Gasteiger partial charge in [-0.2, -0.15) is 0 Å². The van der Waals surface area contributed by atoms with Crippen molar-refractivity contribution in [1.29, 1.82) is 0 Å². The lowest BCUT2D eigenvalue weighted by atomic mass is 10.1. The Morgan fingerprint density at radius 2 is 1.48 bits per heavy atom. The fraction of sp³-hybridized carbons (Fsp3) is 0.222. The molecule has 3 rings (SSSR count). The minimum atomic E-state index is 0.464. The second kappa shape index (κ2) is 10.5. The summed E-state index contributed by atoms with van der Waals surface area (Å²) in [4.78, 5) is 4.79. The van der Waals surface area contributed by atoms with Crippen molar-refractivity contribution in [2.45, 2.75) is 34.6 Å². The number of hydrogen-bond acceptors (Lipinski definition) is 4. The van der Waals surface area contributed by atoms with Gasteiger partial charge in [0.05, 0.1) is 18.6 Å². The van der Waals surface area contributed by atoms with Crippen molar-refractivity contribution in [2.75, 3.05) is 6.61 Å². The molecule has 3 aromatic carbocycles. The summed E-state index contributed by atoms with van der Waals surface area (Å²) in [6.07, 6.45) is 1.67. The maximum atomic E-state index is 6.18. The van der Waals surface area contributed by atoms with Crippen LogP contribution < -0.4 is 14.2 Å². The van der Waals surface area contributed by atoms with Crippen LogP contribution in [-0.2, 0) is 0 Å². The van der Waals surface area contributed by atoms with Crippen LogP contribution in [0.15, 0.2) is 83.6 Å². The van der Waals surface area contributed by atoms with E-state index < -0.39 is 0 Å². The van der Waals surface area contributed by atoms with Crippen LogP contribution in [0.5, 0.6) is 17.2 Å². The number of ether oxygens (including phenoxy) is 3. The maximum Gasteiger partial charge on any atom is 0.225 e. The lowest BCUT2D eigenvalue weighted by molar-refractivity contribution is 0.339. The van der Waals surface area contributed by atoms with Gasteiger partial charge in [0.2, 0.25) is 5.90 Å². The van der Waals surface area contributed by atoms with Crippen LogP contribution in [0.1, 0.15) is 30.5 Å². The topological polar surface area (TPSA) is 40.0 Å². The molecule has 0 saturated heterocycles. The lowest BCUT2D eigenvalue weighted by Crippen LogP contribution is -2.11. The fourth-order valence-corrected chi connectivity index (χ4v) is 3.13. The van der Waals surface area contributed by atoms with Crippen molar-refractivity contribution < 1.29 is 14.2 Å². The quantitative estimate of drug-likeness (QED) is 0.235. The Morgan fingerprint density at radius 3 is 2.19 bits per heavy atom. The number of aryl methyl sites for hydroxylation is 3. The zero-order chi connectivity index (χ0) is 22.2. The summed E-state index contributed by atoms with van der Waals surface area (Å²) in [7, 11) is 0. The molecule has 0 saturated carbocycles. The highest BCUT2D eigenvalue weighted by Gasteiger charge is 2.09. The van der Waals surface area contributed by atoms with Crippen molar-refractivity contribution in [1.82, 2.24) is 0 Å². The van der Waals surface area contributed by atoms with E-state index in [1.54, 1.807) is 6.26 Å². The smallest absolute Gasteiger partial charge is 0.225 e. The van der Waals surface area contributed by atoms with E-state index in [2.05, 4.69) is 19.9 Å². The van der Waals surface area contributed by atoms with Crippen LogP contribution in [0.3, 0.4) is 0 Å². The van der Waals surface area contributed by atoms with E-state index >= 15 is 0 Å². The van der Waals surface area contributed by atoms with Crippen molar-refractivity contribution in [3.63, 3.8) is 0 Å². The summed E-state index contributed by atoms with van der Waals surface area (Å²) in [5.41, 5.74) is 5.03. The molecule has 0 bridgehead atoms. The molecule has 0 aliphatic carbocycles. The van der Waals surface area contributed by atoms with E-state index in [0.29, 0.717) is 18.3 Å². The molecule has 160 valence electrons. The zero-order valence-electron chi connectivity index (χ0n) is 18.8. The second-order valence-corrected chi connectivity index (χ2v) is 7.51. The molecular formula is C27H29NO3. The highest BCUT2D eigenvalue weighted by Crippen LogP contribution is 2.24. The molecule has 0 unspecified atom stereocenters. The van der Waals surface area contributed by atoms with Gasteiger partial charge in [-0.05, 0) is 87.7 Å². The van der Waals surface area contributed by atoms with E-state index in [-0.39, 0.29) is 0 Å². The Labute approximate surface area is 184 Å². The molecule has 0 spiro atoms. The number of aliphatic imine (C=N–C) groups is 1. The fourth-order valence-electron chi connectivity index (χ4n) is 3.13. The van der Waals surface area contributed by atoms with Crippen LogP contribution in [0.2, 0.25) is 0 Å². The number of rotatable bonds is 7. The average molecular weight is 416 g/mol. The SMILES string of the molecule is CCOc1cccc(OC(=N/c2cc(C)cc(C)c2)/C(C)=C/Oc2cccc(C)c2)c1. The van der Waals surface area contributed by atoms with Crippen molar-refractivity contribution in [2.24, 2.45) is 4.99 Å². The first-order chi connectivity index (χ1) is 14.9. The Balaban J connectivity index is 1.93. The molecule has 3 aromatic rings. The summed E-state index contributed by atoms with van der Waals surface area (Å²) in [5, 5.41) is 0. The predicted octanol–water partition coefficient (Wildman–Crippen LogP) is 7.10. The van der Waals surface area contributed by atoms with Gasteiger partial charge in [0.1, 0.15) is 17.2 Å². The second-order valence-electron chi connectivity index (χ2n) is 7.51. The van der Waals surface area contributed by atoms with E-state index in [1.807, 2.05) is 81.4 Å². The van der Waals surface area contributed by atoms with Gasteiger partial charge in [0, 0.05) is 11.6 Å². The zero-order valence-corrected chi connectivity index (χ0v) is 18.8. The van der Waals surface area contributed by atoms with Gasteiger partial charge < -0.3 is 14.2 Å². The number of benzene rings is 3. The molecule has 31 heavy (non-hydrogen) atoms. The van der Waals surface area contributed by atoms with E-state index in [1.165, 1.54) is 0 Å². The monoisotopic (exact) mass is 415 g/mol. The van der Waals surface area contributed by atoms with Crippen LogP contribution in [0.25, 0.3) is 0 Å². The van der Waals surface area contributed by atoms with E-state index in [9.17, 15) is 0 Å². The van der Waals surface area contributed by atoms with Crippen molar-refractivity contribution >= 4 is 11.6 Å². The predicted molar refractivity (Wildman–Crippen MR) is 127 cm³/mol. The lowest BCUT2D eigenvalue weighted by Gasteiger charge is -2.12. The van der Waals surface area contributed by atoms with Gasteiger partial charge in [0.15, 0.2) is 0 Å². The first-order valence-corrected chi connectivity index (χ1v) is 10.4. The third-order valence-corrected chi connectivity index (χ3v) is 4.47. The third-order valence-electron chi connectivity index (χ3n) is 4.47. The normalized spacial score (nSPS) is 11.9. The van der Waals surface area contributed by atoms with Crippen LogP contribution in [-0.4, -0.2) is 12.5 Å². The van der Waals surface area contributed by atoms with E-state index in [0.717, 1.165) is 39.4 Å². The van der Waals surface area contributed by atoms with Gasteiger partial charge in [0.25, 0.3) is 0 Å². The first-order valence-electron chi connectivity index (χ1n) is 10.4. The Morgan fingerprint density at radius 1 is 0.806 bits per heavy atom. The minimum absolute atomic E-state index is 0.464. The molecule has 0 N–H and O–H groups in total. The van der Waals surface area contributed by atoms with Gasteiger partial charge in [-0.15, -0.1) is 0 Å². The van der Waals surface area contributed by atoms with Gasteiger partial charge in [-0.25, -0.2) is 4.99 Å². The third kappa shape index (κ3) is 6.75. The summed E-state index contributed by atoms with van der Waals surface area (Å²) < 4.78 is 17.6. The first kappa shape index (κ1) is 22.2. The van der Waals surface area contributed by atoms with Crippen LogP contribution >= 0.6 is 0 Å². The van der Waals surface area contributed by atoms with Crippen molar-refractivity contribution in [3.8, 4) is 17.2 Å². The molecule has 4 heteroatoms. The van der Waals surface area contributed by atoms with Crippen LogP contribution in [0, 0.1) is 20.8 Å². The summed E-state index contributed by atoms with van der Waals surface area (Å²) in [5.74, 6) is 2.63. The molecule has 0 fully saturated rings. The number of nitrogens with zero attached hydrogens (tertiary/aromatic N) is 1. The van der Waals surface area contributed by atoms with Crippen molar-refractivity contribution in [3.05, 3.63) is 95.3 Å². The highest BCUT2D eigenvalue weighted by atomic mass is 16.5. The molecule has 0 aliphatic rings. The van der Waals surface area contributed by atoms with Gasteiger partial charge in [-0.1, -0.05) is 24.3 Å². The molecular weight excluding hydrogens is 386 g/mol. The van der Waals surface area contributed by atoms with Crippen LogP contribution in [0.4, 0.5) is 5.69 Å². The molecule has 0 radical (unpaired) electrons. The largest absolute Gasteiger partial charge is 0.494 e. The molecule has 0 aromatic heterocycles. The van der Waals surface area contributed by atoms with Gasteiger partial charge >= 0.3 is 0 Å². The highest BCUT2D eigenvalue weighted by molar-refractivity contribution is 5.96. The minimum Gasteiger partial charge on any atom is -0.494 e. The Bertz CT molecular complexity index is 1080. The average Bonchev–Trinajstić information content (AvgIpc) is 2.71. The standard InChI is InChI=1S/C27H29NO3/c1-6-29-25-11-8-12-26(17-25)31-27(28-23-14-20(3)13-21(4)15-23)22(5)18-30-24-10-7-9-19(2)16-24/h7-18H,6H2,1-5H3/b22-18+,28-27+. The maximum absolute atomic E-state index is 6.18.